The lowest BCUT2D eigenvalue weighted by Gasteiger charge is -2.53. The molecule has 0 aliphatic carbocycles. The normalized spacial score (nSPS) is 18.9. The predicted molar refractivity (Wildman–Crippen MR) is 133 cm³/mol. The number of benzene rings is 1. The fraction of sp³-hybridized carbons (Fsp3) is 0.577. The van der Waals surface area contributed by atoms with Crippen molar-refractivity contribution in [3.05, 3.63) is 47.2 Å². The molecule has 1 aromatic rings. The number of amides is 1. The summed E-state index contributed by atoms with van der Waals surface area (Å²) in [5.74, 6) is -1.77. The molecule has 3 atom stereocenters. The molecule has 1 aliphatic heterocycles. The first-order valence-corrected chi connectivity index (χ1v) is 14.6. The van der Waals surface area contributed by atoms with Crippen LogP contribution in [0, 0.1) is 17.3 Å². The highest BCUT2D eigenvalue weighted by atomic mass is 28.3. The number of β-lactam (4-membered cyclic amide) rings is 1. The third-order valence-corrected chi connectivity index (χ3v) is 6.99. The van der Waals surface area contributed by atoms with Crippen molar-refractivity contribution in [1.82, 2.24) is 4.90 Å². The van der Waals surface area contributed by atoms with E-state index >= 15 is 0 Å². The number of nitrogens with zero attached hydrogens (tertiary/aromatic N) is 1. The molecule has 188 valence electrons. The lowest BCUT2D eigenvalue weighted by Crippen LogP contribution is -2.66. The van der Waals surface area contributed by atoms with Gasteiger partial charge in [-0.05, 0) is 49.4 Å². The van der Waals surface area contributed by atoms with E-state index in [9.17, 15) is 14.4 Å². The zero-order valence-electron chi connectivity index (χ0n) is 21.7. The molecule has 0 unspecified atom stereocenters. The van der Waals surface area contributed by atoms with Crippen LogP contribution in [0.3, 0.4) is 0 Å². The summed E-state index contributed by atoms with van der Waals surface area (Å²) in [5.41, 5.74) is 1.49. The molecule has 0 N–H and O–H groups in total. The minimum Gasteiger partial charge on any atom is -0.464 e. The highest BCUT2D eigenvalue weighted by Crippen LogP contribution is 2.45. The maximum atomic E-state index is 13.5. The molecule has 8 heteroatoms. The topological polar surface area (TPSA) is 82.1 Å². The Bertz CT molecular complexity index is 902. The van der Waals surface area contributed by atoms with Crippen molar-refractivity contribution in [3.8, 4) is 0 Å². The van der Waals surface area contributed by atoms with Crippen molar-refractivity contribution in [3.63, 3.8) is 0 Å². The van der Waals surface area contributed by atoms with E-state index in [0.29, 0.717) is 12.2 Å². The number of allylic oxidation sites excluding steroid dienone is 1. The third kappa shape index (κ3) is 6.79. The monoisotopic (exact) mass is 489 g/mol. The van der Waals surface area contributed by atoms with Gasteiger partial charge in [0.2, 0.25) is 5.91 Å². The lowest BCUT2D eigenvalue weighted by molar-refractivity contribution is -0.170. The molecular formula is C26H39NO6Si. The fourth-order valence-corrected chi connectivity index (χ4v) is 4.89. The molecule has 1 heterocycles. The average Bonchev–Trinajstić information content (AvgIpc) is 2.76. The Morgan fingerprint density at radius 1 is 1.12 bits per heavy atom. The Morgan fingerprint density at radius 3 is 2.24 bits per heavy atom. The minimum absolute atomic E-state index is 0.0112. The van der Waals surface area contributed by atoms with Gasteiger partial charge in [0.05, 0.1) is 25.5 Å². The van der Waals surface area contributed by atoms with Crippen LogP contribution in [0.15, 0.2) is 41.6 Å². The number of methoxy groups -OCH3 is 1. The molecule has 1 aliphatic rings. The number of esters is 2. The summed E-state index contributed by atoms with van der Waals surface area (Å²) in [5, 5.41) is 0. The number of carbonyl (C=O) groups excluding carboxylic acids is 3. The standard InChI is InChI=1S/C26H39NO6Si/c1-17(2)23(25(30)31-6)27-20(14-21(28)32-15-18-12-10-9-11-13-18)22(24(27)29)19(26(3,4)5)16-33-34(7)8/h9-13,19-20,22,34H,14-16H2,1-8H3/t19-,20-,22+/m1/s1. The molecule has 34 heavy (non-hydrogen) atoms. The van der Waals surface area contributed by atoms with Crippen molar-refractivity contribution < 1.29 is 28.3 Å². The number of hydrogen-bond donors (Lipinski definition) is 0. The molecule has 2 rings (SSSR count). The molecule has 1 fully saturated rings. The van der Waals surface area contributed by atoms with Crippen LogP contribution in [0.1, 0.15) is 46.6 Å². The second kappa shape index (κ2) is 11.8. The van der Waals surface area contributed by atoms with Gasteiger partial charge < -0.3 is 18.8 Å². The Balaban J connectivity index is 2.34. The van der Waals surface area contributed by atoms with Gasteiger partial charge in [-0.2, -0.15) is 0 Å². The molecule has 0 saturated carbocycles. The molecular weight excluding hydrogens is 450 g/mol. The summed E-state index contributed by atoms with van der Waals surface area (Å²) in [7, 11) is -0.0281. The molecule has 1 saturated heterocycles. The molecule has 0 bridgehead atoms. The van der Waals surface area contributed by atoms with Crippen LogP contribution in [0.5, 0.6) is 0 Å². The van der Waals surface area contributed by atoms with E-state index < -0.39 is 32.9 Å². The van der Waals surface area contributed by atoms with Crippen LogP contribution in [0.4, 0.5) is 0 Å². The first kappa shape index (κ1) is 27.8. The van der Waals surface area contributed by atoms with Crippen molar-refractivity contribution in [2.75, 3.05) is 13.7 Å². The Hall–Kier alpha value is -2.45. The van der Waals surface area contributed by atoms with Crippen molar-refractivity contribution in [1.29, 1.82) is 0 Å². The molecule has 7 nitrogen and oxygen atoms in total. The van der Waals surface area contributed by atoms with Crippen molar-refractivity contribution in [2.45, 2.75) is 66.8 Å². The number of ether oxygens (including phenoxy) is 2. The zero-order valence-corrected chi connectivity index (χ0v) is 22.9. The second-order valence-electron chi connectivity index (χ2n) is 10.3. The Morgan fingerprint density at radius 2 is 1.74 bits per heavy atom. The summed E-state index contributed by atoms with van der Waals surface area (Å²) in [6.45, 7) is 14.5. The maximum Gasteiger partial charge on any atom is 0.354 e. The van der Waals surface area contributed by atoms with E-state index in [1.165, 1.54) is 12.0 Å². The molecule has 1 amide bonds. The first-order chi connectivity index (χ1) is 15.9. The first-order valence-electron chi connectivity index (χ1n) is 11.8. The quantitative estimate of drug-likeness (QED) is 0.213. The van der Waals surface area contributed by atoms with Gasteiger partial charge in [0.25, 0.3) is 0 Å². The van der Waals surface area contributed by atoms with Gasteiger partial charge in [0.15, 0.2) is 9.04 Å². The summed E-state index contributed by atoms with van der Waals surface area (Å²) in [4.78, 5) is 40.4. The zero-order chi connectivity index (χ0) is 25.6. The van der Waals surface area contributed by atoms with Crippen LogP contribution in [-0.2, 0) is 34.9 Å². The van der Waals surface area contributed by atoms with Crippen LogP contribution >= 0.6 is 0 Å². The predicted octanol–water partition coefficient (Wildman–Crippen LogP) is 4.08. The van der Waals surface area contributed by atoms with Gasteiger partial charge in [0, 0.05) is 6.61 Å². The highest BCUT2D eigenvalue weighted by Gasteiger charge is 2.56. The summed E-state index contributed by atoms with van der Waals surface area (Å²) in [6, 6.07) is 8.93. The number of rotatable bonds is 10. The molecule has 0 aromatic heterocycles. The number of carbonyl (C=O) groups is 3. The van der Waals surface area contributed by atoms with Crippen LogP contribution in [0.2, 0.25) is 13.1 Å². The fourth-order valence-electron chi connectivity index (χ4n) is 4.30. The summed E-state index contributed by atoms with van der Waals surface area (Å²) >= 11 is 0. The third-order valence-electron chi connectivity index (χ3n) is 6.14. The van der Waals surface area contributed by atoms with E-state index in [1.54, 1.807) is 13.8 Å². The largest absolute Gasteiger partial charge is 0.464 e. The van der Waals surface area contributed by atoms with E-state index in [4.69, 9.17) is 13.9 Å². The van der Waals surface area contributed by atoms with Gasteiger partial charge in [-0.25, -0.2) is 4.79 Å². The van der Waals surface area contributed by atoms with Crippen LogP contribution in [-0.4, -0.2) is 51.5 Å². The van der Waals surface area contributed by atoms with Gasteiger partial charge in [0.1, 0.15) is 12.3 Å². The molecule has 1 aromatic carbocycles. The lowest BCUT2D eigenvalue weighted by atomic mass is 9.65. The number of hydrogen-bond acceptors (Lipinski definition) is 6. The van der Waals surface area contributed by atoms with E-state index in [0.717, 1.165) is 5.56 Å². The van der Waals surface area contributed by atoms with Gasteiger partial charge in [-0.3, -0.25) is 9.59 Å². The van der Waals surface area contributed by atoms with Gasteiger partial charge in [-0.1, -0.05) is 51.1 Å². The highest BCUT2D eigenvalue weighted by molar-refractivity contribution is 6.48. The van der Waals surface area contributed by atoms with E-state index in [2.05, 4.69) is 33.9 Å². The SMILES string of the molecule is COC(=O)C(=C(C)C)N1C(=O)[C@@H]([C@@H](CO[SiH](C)C)C(C)(C)C)[C@H]1CC(=O)OCc1ccccc1. The number of likely N-dealkylation sites (tertiary alicyclic amines) is 1. The Labute approximate surface area is 205 Å². The molecule has 0 spiro atoms. The van der Waals surface area contributed by atoms with Crippen molar-refractivity contribution >= 4 is 26.9 Å². The Kier molecular flexibility index (Phi) is 9.64. The van der Waals surface area contributed by atoms with Crippen LogP contribution in [0.25, 0.3) is 0 Å². The van der Waals surface area contributed by atoms with Crippen molar-refractivity contribution in [2.24, 2.45) is 17.3 Å². The summed E-state index contributed by atoms with van der Waals surface area (Å²) in [6.07, 6.45) is -0.0112. The minimum atomic E-state index is -1.31. The van der Waals surface area contributed by atoms with Gasteiger partial charge >= 0.3 is 11.9 Å². The second-order valence-corrected chi connectivity index (χ2v) is 12.8. The van der Waals surface area contributed by atoms with Gasteiger partial charge in [-0.15, -0.1) is 0 Å². The van der Waals surface area contributed by atoms with Crippen LogP contribution < -0.4 is 0 Å². The smallest absolute Gasteiger partial charge is 0.354 e. The average molecular weight is 490 g/mol. The van der Waals surface area contributed by atoms with E-state index in [1.807, 2.05) is 30.3 Å². The van der Waals surface area contributed by atoms with E-state index in [-0.39, 0.29) is 36.0 Å². The molecule has 0 radical (unpaired) electrons. The maximum absolute atomic E-state index is 13.5. The summed E-state index contributed by atoms with van der Waals surface area (Å²) < 4.78 is 16.5.